The number of allylic oxidation sites excluding steroid dienone is 1. The molecule has 0 N–H and O–H groups in total. The molecular weight excluding hydrogens is 528 g/mol. The first-order chi connectivity index (χ1) is 13.0. The Morgan fingerprint density at radius 2 is 1.37 bits per heavy atom. The Labute approximate surface area is 185 Å². The van der Waals surface area contributed by atoms with E-state index in [1.807, 2.05) is 0 Å². The first-order valence-corrected chi connectivity index (χ1v) is 11.5. The van der Waals surface area contributed by atoms with Crippen LogP contribution in [-0.2, 0) is 0 Å². The van der Waals surface area contributed by atoms with Gasteiger partial charge in [0.15, 0.2) is 0 Å². The van der Waals surface area contributed by atoms with Gasteiger partial charge in [-0.3, -0.25) is 0 Å². The van der Waals surface area contributed by atoms with Crippen LogP contribution in [0.25, 0.3) is 17.2 Å². The molecule has 3 aromatic rings. The molecule has 5 rings (SSSR count). The minimum Gasteiger partial charge on any atom is -0.0651 e. The van der Waals surface area contributed by atoms with Crippen molar-refractivity contribution >= 4 is 53.9 Å². The summed E-state index contributed by atoms with van der Waals surface area (Å²) < 4.78 is 3.50. The Bertz CT molecular complexity index is 1060. The van der Waals surface area contributed by atoms with E-state index in [1.54, 1.807) is 0 Å². The molecular formula is C24H17Br3. The number of rotatable bonds is 2. The topological polar surface area (TPSA) is 0 Å². The van der Waals surface area contributed by atoms with Crippen molar-refractivity contribution in [3.8, 4) is 11.1 Å². The highest BCUT2D eigenvalue weighted by molar-refractivity contribution is 9.11. The minimum atomic E-state index is 0.406. The van der Waals surface area contributed by atoms with Gasteiger partial charge < -0.3 is 0 Å². The predicted molar refractivity (Wildman–Crippen MR) is 124 cm³/mol. The first-order valence-electron chi connectivity index (χ1n) is 9.09. The van der Waals surface area contributed by atoms with Gasteiger partial charge in [-0.1, -0.05) is 83.7 Å². The van der Waals surface area contributed by atoms with E-state index in [-0.39, 0.29) is 0 Å². The third kappa shape index (κ3) is 2.90. The fraction of sp³-hybridized carbons (Fsp3) is 0.167. The molecule has 0 amide bonds. The third-order valence-electron chi connectivity index (χ3n) is 5.92. The summed E-state index contributed by atoms with van der Waals surface area (Å²) in [6, 6.07) is 20.0. The maximum atomic E-state index is 3.73. The van der Waals surface area contributed by atoms with E-state index in [2.05, 4.69) is 115 Å². The molecule has 0 aliphatic heterocycles. The second-order valence-corrected chi connectivity index (χ2v) is 10.1. The molecule has 2 aliphatic carbocycles. The summed E-state index contributed by atoms with van der Waals surface area (Å²) in [5.74, 6) is 0.863. The second-order valence-electron chi connectivity index (χ2n) is 7.44. The normalized spacial score (nSPS) is 17.5. The SMILES string of the molecule is CC1=Cc2c(Br)cccc2C1CC1c2cc(Br)ccc2-c2ccc(Br)cc21. The first kappa shape index (κ1) is 17.9. The zero-order valence-electron chi connectivity index (χ0n) is 14.8. The highest BCUT2D eigenvalue weighted by atomic mass is 79.9. The molecule has 0 saturated heterocycles. The second kappa shape index (κ2) is 6.72. The van der Waals surface area contributed by atoms with Gasteiger partial charge in [0.2, 0.25) is 0 Å². The highest BCUT2D eigenvalue weighted by Crippen LogP contribution is 2.52. The van der Waals surface area contributed by atoms with Crippen LogP contribution in [0, 0.1) is 0 Å². The van der Waals surface area contributed by atoms with Crippen LogP contribution in [0.15, 0.2) is 73.6 Å². The molecule has 0 nitrogen and oxygen atoms in total. The van der Waals surface area contributed by atoms with Gasteiger partial charge in [-0.15, -0.1) is 0 Å². The number of halogens is 3. The molecule has 0 spiro atoms. The molecule has 0 saturated carbocycles. The average molecular weight is 545 g/mol. The molecule has 134 valence electrons. The number of hydrogen-bond donors (Lipinski definition) is 0. The Morgan fingerprint density at radius 3 is 2.00 bits per heavy atom. The van der Waals surface area contributed by atoms with Gasteiger partial charge in [-0.25, -0.2) is 0 Å². The summed E-state index contributed by atoms with van der Waals surface area (Å²) in [6.07, 6.45) is 3.45. The number of hydrogen-bond acceptors (Lipinski definition) is 0. The van der Waals surface area contributed by atoms with Crippen molar-refractivity contribution in [2.24, 2.45) is 0 Å². The van der Waals surface area contributed by atoms with E-state index in [0.29, 0.717) is 11.8 Å². The van der Waals surface area contributed by atoms with Crippen molar-refractivity contribution in [1.82, 2.24) is 0 Å². The predicted octanol–water partition coefficient (Wildman–Crippen LogP) is 8.68. The molecule has 0 fully saturated rings. The Hall–Kier alpha value is -1.16. The molecule has 3 heteroatoms. The van der Waals surface area contributed by atoms with Gasteiger partial charge in [-0.2, -0.15) is 0 Å². The van der Waals surface area contributed by atoms with Crippen molar-refractivity contribution in [2.75, 3.05) is 0 Å². The van der Waals surface area contributed by atoms with E-state index in [0.717, 1.165) is 15.4 Å². The van der Waals surface area contributed by atoms with Crippen LogP contribution < -0.4 is 0 Å². The third-order valence-corrected chi connectivity index (χ3v) is 7.60. The molecule has 3 aromatic carbocycles. The van der Waals surface area contributed by atoms with Crippen LogP contribution in [0.5, 0.6) is 0 Å². The van der Waals surface area contributed by atoms with E-state index >= 15 is 0 Å². The average Bonchev–Trinajstić information content (AvgIpc) is 3.11. The Morgan fingerprint density at radius 1 is 0.741 bits per heavy atom. The van der Waals surface area contributed by atoms with E-state index in [4.69, 9.17) is 0 Å². The summed E-state index contributed by atoms with van der Waals surface area (Å²) in [5, 5.41) is 0. The fourth-order valence-electron chi connectivity index (χ4n) is 4.69. The van der Waals surface area contributed by atoms with Crippen molar-refractivity contribution in [2.45, 2.75) is 25.2 Å². The van der Waals surface area contributed by atoms with Crippen LogP contribution in [-0.4, -0.2) is 0 Å². The molecule has 2 aliphatic rings. The Kier molecular flexibility index (Phi) is 4.46. The van der Waals surface area contributed by atoms with Crippen molar-refractivity contribution in [3.63, 3.8) is 0 Å². The van der Waals surface area contributed by atoms with Gasteiger partial charge in [0, 0.05) is 25.3 Å². The van der Waals surface area contributed by atoms with E-state index in [9.17, 15) is 0 Å². The van der Waals surface area contributed by atoms with Gasteiger partial charge in [-0.05, 0) is 77.1 Å². The van der Waals surface area contributed by atoms with Gasteiger partial charge in [0.05, 0.1) is 0 Å². The largest absolute Gasteiger partial charge is 0.0651 e. The van der Waals surface area contributed by atoms with Gasteiger partial charge in [0.25, 0.3) is 0 Å². The smallest absolute Gasteiger partial charge is 0.0250 e. The summed E-state index contributed by atoms with van der Waals surface area (Å²) in [5.41, 5.74) is 9.88. The molecule has 0 radical (unpaired) electrons. The molecule has 0 heterocycles. The lowest BCUT2D eigenvalue weighted by Crippen LogP contribution is -2.06. The van der Waals surface area contributed by atoms with E-state index in [1.165, 1.54) is 43.4 Å². The molecule has 27 heavy (non-hydrogen) atoms. The maximum absolute atomic E-state index is 3.73. The molecule has 0 aromatic heterocycles. The van der Waals surface area contributed by atoms with Crippen molar-refractivity contribution in [1.29, 1.82) is 0 Å². The summed E-state index contributed by atoms with van der Waals surface area (Å²) >= 11 is 11.1. The number of benzene rings is 3. The lowest BCUT2D eigenvalue weighted by atomic mass is 9.82. The summed E-state index contributed by atoms with van der Waals surface area (Å²) in [4.78, 5) is 0. The maximum Gasteiger partial charge on any atom is 0.0250 e. The highest BCUT2D eigenvalue weighted by Gasteiger charge is 2.34. The van der Waals surface area contributed by atoms with Crippen LogP contribution >= 0.6 is 47.8 Å². The number of fused-ring (bicyclic) bond motifs is 4. The van der Waals surface area contributed by atoms with Gasteiger partial charge in [0.1, 0.15) is 0 Å². The lowest BCUT2D eigenvalue weighted by Gasteiger charge is -2.21. The molecule has 1 atom stereocenters. The monoisotopic (exact) mass is 542 g/mol. The minimum absolute atomic E-state index is 0.406. The van der Waals surface area contributed by atoms with Gasteiger partial charge >= 0.3 is 0 Å². The quantitative estimate of drug-likeness (QED) is 0.303. The van der Waals surface area contributed by atoms with Crippen LogP contribution in [0.2, 0.25) is 0 Å². The van der Waals surface area contributed by atoms with Crippen molar-refractivity contribution in [3.05, 3.63) is 95.8 Å². The summed E-state index contributed by atoms with van der Waals surface area (Å²) in [7, 11) is 0. The van der Waals surface area contributed by atoms with Crippen LogP contribution in [0.3, 0.4) is 0 Å². The fourth-order valence-corrected chi connectivity index (χ4v) is 5.94. The zero-order valence-corrected chi connectivity index (χ0v) is 19.5. The van der Waals surface area contributed by atoms with E-state index < -0.39 is 0 Å². The zero-order chi connectivity index (χ0) is 18.7. The van der Waals surface area contributed by atoms with Crippen LogP contribution in [0.1, 0.15) is 47.4 Å². The van der Waals surface area contributed by atoms with Crippen LogP contribution in [0.4, 0.5) is 0 Å². The molecule has 1 unspecified atom stereocenters. The summed E-state index contributed by atoms with van der Waals surface area (Å²) in [6.45, 7) is 2.27. The Balaban J connectivity index is 1.63. The lowest BCUT2D eigenvalue weighted by molar-refractivity contribution is 0.652. The standard InChI is InChI=1S/C24H17Br3/c1-13-9-23-16(3-2-4-24(23)27)19(13)12-22-20-10-14(25)5-7-17(20)18-8-6-15(26)11-21(18)22/h2-11,19,22H,12H2,1H3. The molecule has 0 bridgehead atoms. The van der Waals surface area contributed by atoms with Crippen molar-refractivity contribution < 1.29 is 0 Å².